The highest BCUT2D eigenvalue weighted by Gasteiger charge is 2.07. The molecule has 0 bridgehead atoms. The zero-order chi connectivity index (χ0) is 14.0. The smallest absolute Gasteiger partial charge is 0.146 e. The van der Waals surface area contributed by atoms with Crippen LogP contribution in [0.15, 0.2) is 34.8 Å². The van der Waals surface area contributed by atoms with Gasteiger partial charge in [-0.05, 0) is 54.8 Å². The number of halogens is 3. The van der Waals surface area contributed by atoms with Crippen LogP contribution in [0.4, 0.5) is 0 Å². The normalized spacial score (nSPS) is 10.6. The second kappa shape index (κ2) is 6.29. The second-order valence-electron chi connectivity index (χ2n) is 4.37. The van der Waals surface area contributed by atoms with E-state index in [1.54, 1.807) is 0 Å². The van der Waals surface area contributed by atoms with Crippen molar-refractivity contribution in [3.8, 4) is 11.5 Å². The van der Waals surface area contributed by atoms with Crippen molar-refractivity contribution in [2.45, 2.75) is 19.2 Å². The van der Waals surface area contributed by atoms with E-state index in [-0.39, 0.29) is 0 Å². The molecule has 0 aromatic heterocycles. The lowest BCUT2D eigenvalue weighted by atomic mass is 10.1. The van der Waals surface area contributed by atoms with Crippen molar-refractivity contribution in [3.63, 3.8) is 0 Å². The van der Waals surface area contributed by atoms with Gasteiger partial charge in [0.15, 0.2) is 0 Å². The van der Waals surface area contributed by atoms with Crippen LogP contribution in [0, 0.1) is 13.8 Å². The third-order valence-corrected chi connectivity index (χ3v) is 4.98. The molecule has 2 aromatic rings. The van der Waals surface area contributed by atoms with Crippen molar-refractivity contribution in [2.75, 3.05) is 0 Å². The number of hydrogen-bond donors (Lipinski definition) is 0. The summed E-state index contributed by atoms with van der Waals surface area (Å²) in [5, 5.41) is 1.40. The zero-order valence-corrected chi connectivity index (χ0v) is 14.6. The Bertz CT molecular complexity index is 588. The van der Waals surface area contributed by atoms with Gasteiger partial charge in [0.25, 0.3) is 0 Å². The lowest BCUT2D eigenvalue weighted by Crippen LogP contribution is -1.90. The molecule has 0 radical (unpaired) electrons. The van der Waals surface area contributed by atoms with Crippen LogP contribution < -0.4 is 4.74 Å². The Morgan fingerprint density at radius 2 is 1.74 bits per heavy atom. The van der Waals surface area contributed by atoms with Crippen molar-refractivity contribution in [1.82, 2.24) is 0 Å². The van der Waals surface area contributed by atoms with Crippen LogP contribution in [0.5, 0.6) is 11.5 Å². The van der Waals surface area contributed by atoms with Gasteiger partial charge in [0, 0.05) is 9.80 Å². The molecule has 0 heterocycles. The van der Waals surface area contributed by atoms with E-state index >= 15 is 0 Å². The lowest BCUT2D eigenvalue weighted by molar-refractivity contribution is 0.482. The summed E-state index contributed by atoms with van der Waals surface area (Å²) < 4.78 is 6.97. The van der Waals surface area contributed by atoms with Gasteiger partial charge in [-0.2, -0.15) is 0 Å². The number of alkyl halides is 1. The van der Waals surface area contributed by atoms with E-state index in [1.807, 2.05) is 44.2 Å². The SMILES string of the molecule is Cc1cc(Oc2ccc(CBr)cc2Cl)cc(C)c1Br. The first kappa shape index (κ1) is 14.9. The molecule has 0 unspecified atom stereocenters. The summed E-state index contributed by atoms with van der Waals surface area (Å²) >= 11 is 13.2. The molecular weight excluding hydrogens is 391 g/mol. The Morgan fingerprint density at radius 1 is 1.11 bits per heavy atom. The Labute approximate surface area is 135 Å². The van der Waals surface area contributed by atoms with Crippen LogP contribution in [-0.2, 0) is 5.33 Å². The predicted molar refractivity (Wildman–Crippen MR) is 87.8 cm³/mol. The van der Waals surface area contributed by atoms with Gasteiger partial charge in [0.1, 0.15) is 11.5 Å². The van der Waals surface area contributed by atoms with Crippen molar-refractivity contribution < 1.29 is 4.74 Å². The summed E-state index contributed by atoms with van der Waals surface area (Å²) in [5.74, 6) is 1.47. The first-order valence-electron chi connectivity index (χ1n) is 5.80. The molecule has 0 spiro atoms. The zero-order valence-electron chi connectivity index (χ0n) is 10.6. The molecule has 4 heteroatoms. The third-order valence-electron chi connectivity index (χ3n) is 2.79. The van der Waals surface area contributed by atoms with E-state index in [2.05, 4.69) is 31.9 Å². The molecule has 0 saturated heterocycles. The first-order valence-corrected chi connectivity index (χ1v) is 8.09. The molecule has 19 heavy (non-hydrogen) atoms. The van der Waals surface area contributed by atoms with E-state index in [9.17, 15) is 0 Å². The van der Waals surface area contributed by atoms with Gasteiger partial charge in [-0.15, -0.1) is 0 Å². The average molecular weight is 405 g/mol. The monoisotopic (exact) mass is 402 g/mol. The van der Waals surface area contributed by atoms with Gasteiger partial charge in [-0.3, -0.25) is 0 Å². The van der Waals surface area contributed by atoms with Gasteiger partial charge in [-0.25, -0.2) is 0 Å². The molecular formula is C15H13Br2ClO. The fourth-order valence-corrected chi connectivity index (χ4v) is 2.62. The Morgan fingerprint density at radius 3 is 2.26 bits per heavy atom. The van der Waals surface area contributed by atoms with Crippen LogP contribution >= 0.6 is 43.5 Å². The summed E-state index contributed by atoms with van der Waals surface area (Å²) in [6.45, 7) is 4.08. The van der Waals surface area contributed by atoms with Crippen LogP contribution in [0.25, 0.3) is 0 Å². The molecule has 2 rings (SSSR count). The molecule has 0 aliphatic rings. The minimum Gasteiger partial charge on any atom is -0.456 e. The van der Waals surface area contributed by atoms with E-state index in [0.717, 1.165) is 32.2 Å². The standard InChI is InChI=1S/C15H13Br2ClO/c1-9-5-12(6-10(2)15(9)17)19-14-4-3-11(8-16)7-13(14)18/h3-7H,8H2,1-2H3. The van der Waals surface area contributed by atoms with Crippen LogP contribution in [-0.4, -0.2) is 0 Å². The summed E-state index contributed by atoms with van der Waals surface area (Å²) in [6, 6.07) is 9.78. The molecule has 0 saturated carbocycles. The van der Waals surface area contributed by atoms with Gasteiger partial charge < -0.3 is 4.74 Å². The van der Waals surface area contributed by atoms with E-state index in [0.29, 0.717) is 10.8 Å². The van der Waals surface area contributed by atoms with Gasteiger partial charge in [0.05, 0.1) is 5.02 Å². The van der Waals surface area contributed by atoms with Crippen LogP contribution in [0.3, 0.4) is 0 Å². The first-order chi connectivity index (χ1) is 9.01. The highest BCUT2D eigenvalue weighted by atomic mass is 79.9. The minimum atomic E-state index is 0.621. The highest BCUT2D eigenvalue weighted by Crippen LogP contribution is 2.33. The van der Waals surface area contributed by atoms with Crippen LogP contribution in [0.2, 0.25) is 5.02 Å². The molecule has 0 aliphatic heterocycles. The van der Waals surface area contributed by atoms with Crippen molar-refractivity contribution in [2.24, 2.45) is 0 Å². The molecule has 100 valence electrons. The highest BCUT2D eigenvalue weighted by molar-refractivity contribution is 9.10. The molecule has 1 nitrogen and oxygen atoms in total. The van der Waals surface area contributed by atoms with Gasteiger partial charge in [0.2, 0.25) is 0 Å². The van der Waals surface area contributed by atoms with E-state index in [4.69, 9.17) is 16.3 Å². The molecule has 0 aliphatic carbocycles. The van der Waals surface area contributed by atoms with E-state index < -0.39 is 0 Å². The van der Waals surface area contributed by atoms with Gasteiger partial charge >= 0.3 is 0 Å². The largest absolute Gasteiger partial charge is 0.456 e. The predicted octanol–water partition coefficient (Wildman–Crippen LogP) is 6.41. The fourth-order valence-electron chi connectivity index (χ4n) is 1.80. The van der Waals surface area contributed by atoms with Crippen molar-refractivity contribution >= 4 is 43.5 Å². The number of rotatable bonds is 3. The number of aryl methyl sites for hydroxylation is 2. The van der Waals surface area contributed by atoms with Crippen molar-refractivity contribution in [1.29, 1.82) is 0 Å². The Balaban J connectivity index is 2.31. The Kier molecular flexibility index (Phi) is 4.93. The molecule has 2 aromatic carbocycles. The van der Waals surface area contributed by atoms with E-state index in [1.165, 1.54) is 0 Å². The number of ether oxygens (including phenoxy) is 1. The maximum atomic E-state index is 6.21. The summed E-state index contributed by atoms with van der Waals surface area (Å²) in [5.41, 5.74) is 3.41. The lowest BCUT2D eigenvalue weighted by Gasteiger charge is -2.11. The second-order valence-corrected chi connectivity index (χ2v) is 6.13. The van der Waals surface area contributed by atoms with Crippen molar-refractivity contribution in [3.05, 3.63) is 56.5 Å². The topological polar surface area (TPSA) is 9.23 Å². The average Bonchev–Trinajstić information content (AvgIpc) is 2.38. The quantitative estimate of drug-likeness (QED) is 0.537. The summed E-state index contributed by atoms with van der Waals surface area (Å²) in [7, 11) is 0. The molecule has 0 amide bonds. The third kappa shape index (κ3) is 3.53. The fraction of sp³-hybridized carbons (Fsp3) is 0.200. The molecule has 0 atom stereocenters. The Hall–Kier alpha value is -0.510. The van der Waals surface area contributed by atoms with Gasteiger partial charge in [-0.1, -0.05) is 49.5 Å². The maximum Gasteiger partial charge on any atom is 0.146 e. The molecule has 0 fully saturated rings. The summed E-state index contributed by atoms with van der Waals surface area (Å²) in [6.07, 6.45) is 0. The molecule has 0 N–H and O–H groups in total. The van der Waals surface area contributed by atoms with Crippen LogP contribution in [0.1, 0.15) is 16.7 Å². The maximum absolute atomic E-state index is 6.21. The number of hydrogen-bond acceptors (Lipinski definition) is 1. The minimum absolute atomic E-state index is 0.621. The number of benzene rings is 2. The summed E-state index contributed by atoms with van der Waals surface area (Å²) in [4.78, 5) is 0.